The minimum absolute atomic E-state index is 0.0120. The van der Waals surface area contributed by atoms with Crippen molar-refractivity contribution >= 4 is 23.2 Å². The summed E-state index contributed by atoms with van der Waals surface area (Å²) >= 11 is 12.8. The Labute approximate surface area is 150 Å². The van der Waals surface area contributed by atoms with Gasteiger partial charge in [0.2, 0.25) is 11.8 Å². The highest BCUT2D eigenvalue weighted by atomic mass is 35.5. The number of aromatic amines is 1. The first-order chi connectivity index (χ1) is 11.3. The summed E-state index contributed by atoms with van der Waals surface area (Å²) in [6, 6.07) is 7.37. The largest absolute Gasteiger partial charge is 0.420 e. The molecule has 0 saturated carbocycles. The zero-order chi connectivity index (χ0) is 17.6. The van der Waals surface area contributed by atoms with Crippen LogP contribution < -0.4 is 10.5 Å². The summed E-state index contributed by atoms with van der Waals surface area (Å²) in [7, 11) is 0. The van der Waals surface area contributed by atoms with Gasteiger partial charge in [0.15, 0.2) is 0 Å². The van der Waals surface area contributed by atoms with Crippen molar-refractivity contribution in [3.05, 3.63) is 56.5 Å². The fourth-order valence-corrected chi connectivity index (χ4v) is 3.51. The van der Waals surface area contributed by atoms with E-state index < -0.39 is 5.92 Å². The summed E-state index contributed by atoms with van der Waals surface area (Å²) in [5, 5.41) is 17.8. The molecule has 2 heterocycles. The maximum absolute atomic E-state index is 9.65. The third kappa shape index (κ3) is 2.52. The van der Waals surface area contributed by atoms with Crippen LogP contribution in [-0.4, -0.2) is 10.2 Å². The van der Waals surface area contributed by atoms with Gasteiger partial charge in [0.1, 0.15) is 11.6 Å². The van der Waals surface area contributed by atoms with Crippen molar-refractivity contribution < 1.29 is 4.74 Å². The Morgan fingerprint density at radius 1 is 1.25 bits per heavy atom. The van der Waals surface area contributed by atoms with E-state index in [0.29, 0.717) is 21.5 Å². The van der Waals surface area contributed by atoms with Gasteiger partial charge in [0, 0.05) is 26.7 Å². The number of hydrogen-bond donors (Lipinski definition) is 2. The Balaban J connectivity index is 2.36. The number of rotatable bonds is 1. The highest BCUT2D eigenvalue weighted by molar-refractivity contribution is 6.36. The Hall–Kier alpha value is -2.16. The zero-order valence-corrected chi connectivity index (χ0v) is 15.0. The number of benzene rings is 1. The zero-order valence-electron chi connectivity index (χ0n) is 13.4. The van der Waals surface area contributed by atoms with Crippen LogP contribution >= 0.6 is 23.2 Å². The summed E-state index contributed by atoms with van der Waals surface area (Å²) in [6.45, 7) is 6.12. The van der Waals surface area contributed by atoms with Gasteiger partial charge in [0.25, 0.3) is 0 Å². The van der Waals surface area contributed by atoms with Gasteiger partial charge in [-0.15, -0.1) is 5.10 Å². The molecule has 1 aromatic carbocycles. The molecule has 0 radical (unpaired) electrons. The van der Waals surface area contributed by atoms with E-state index in [0.717, 1.165) is 11.3 Å². The van der Waals surface area contributed by atoms with Crippen molar-refractivity contribution in [1.82, 2.24) is 10.2 Å². The van der Waals surface area contributed by atoms with Gasteiger partial charge in [-0.25, -0.2) is 0 Å². The molecule has 7 heteroatoms. The van der Waals surface area contributed by atoms with Crippen LogP contribution in [0.3, 0.4) is 0 Å². The van der Waals surface area contributed by atoms with Crippen molar-refractivity contribution in [3.8, 4) is 11.9 Å². The number of halogens is 2. The molecule has 3 N–H and O–H groups in total. The molecule has 1 aliphatic heterocycles. The molecule has 0 amide bonds. The van der Waals surface area contributed by atoms with Crippen molar-refractivity contribution in [2.45, 2.75) is 32.1 Å². The van der Waals surface area contributed by atoms with Crippen LogP contribution in [0.4, 0.5) is 0 Å². The molecule has 5 nitrogen and oxygen atoms in total. The van der Waals surface area contributed by atoms with Crippen LogP contribution in [0.15, 0.2) is 29.7 Å². The second-order valence-electron chi connectivity index (χ2n) is 6.63. The lowest BCUT2D eigenvalue weighted by Crippen LogP contribution is -2.24. The first-order valence-electron chi connectivity index (χ1n) is 7.36. The number of nitrogens with zero attached hydrogens (tertiary/aromatic N) is 2. The number of nitrogens with one attached hydrogen (secondary N) is 1. The number of nitriles is 1. The van der Waals surface area contributed by atoms with E-state index >= 15 is 0 Å². The molecule has 1 atom stereocenters. The lowest BCUT2D eigenvalue weighted by Gasteiger charge is -2.28. The van der Waals surface area contributed by atoms with Gasteiger partial charge in [-0.2, -0.15) is 5.26 Å². The first-order valence-corrected chi connectivity index (χ1v) is 8.11. The molecule has 0 spiro atoms. The standard InChI is InChI=1S/C17H16Cl2N4O/c1-17(2,3)14-13-11(12-9(18)5-4-6-10(12)19)8(7-20)15(21)24-16(13)23-22-14/h4-6,11H,21H2,1-3H3,(H,22,23). The van der Waals surface area contributed by atoms with Crippen molar-refractivity contribution in [2.75, 3.05) is 0 Å². The molecule has 0 saturated heterocycles. The molecule has 1 unspecified atom stereocenters. The maximum atomic E-state index is 9.65. The molecular formula is C17H16Cl2N4O. The summed E-state index contributed by atoms with van der Waals surface area (Å²) in [6.07, 6.45) is 0. The predicted molar refractivity (Wildman–Crippen MR) is 93.0 cm³/mol. The molecule has 124 valence electrons. The number of aromatic nitrogens is 2. The van der Waals surface area contributed by atoms with E-state index in [2.05, 4.69) is 16.3 Å². The smallest absolute Gasteiger partial charge is 0.244 e. The van der Waals surface area contributed by atoms with Gasteiger partial charge in [-0.3, -0.25) is 5.10 Å². The predicted octanol–water partition coefficient (Wildman–Crippen LogP) is 4.23. The first kappa shape index (κ1) is 16.7. The lowest BCUT2D eigenvalue weighted by atomic mass is 9.79. The molecule has 2 aromatic rings. The Kier molecular flexibility index (Phi) is 3.98. The number of H-pyrrole nitrogens is 1. The molecule has 24 heavy (non-hydrogen) atoms. The van der Waals surface area contributed by atoms with E-state index in [1.54, 1.807) is 18.2 Å². The summed E-state index contributed by atoms with van der Waals surface area (Å²) in [5.74, 6) is -0.178. The lowest BCUT2D eigenvalue weighted by molar-refractivity contribution is 0.378. The van der Waals surface area contributed by atoms with Crippen molar-refractivity contribution in [3.63, 3.8) is 0 Å². The Bertz CT molecular complexity index is 867. The van der Waals surface area contributed by atoms with E-state index in [9.17, 15) is 5.26 Å². The minimum Gasteiger partial charge on any atom is -0.420 e. The third-order valence-electron chi connectivity index (χ3n) is 3.98. The topological polar surface area (TPSA) is 87.7 Å². The quantitative estimate of drug-likeness (QED) is 0.794. The third-order valence-corrected chi connectivity index (χ3v) is 4.64. The summed E-state index contributed by atoms with van der Waals surface area (Å²) < 4.78 is 5.55. The fourth-order valence-electron chi connectivity index (χ4n) is 2.89. The van der Waals surface area contributed by atoms with E-state index in [1.165, 1.54) is 0 Å². The van der Waals surface area contributed by atoms with Gasteiger partial charge < -0.3 is 10.5 Å². The number of allylic oxidation sites excluding steroid dienone is 1. The molecule has 1 aliphatic rings. The molecular weight excluding hydrogens is 347 g/mol. The second-order valence-corrected chi connectivity index (χ2v) is 7.44. The number of nitrogens with two attached hydrogens (primary N) is 1. The van der Waals surface area contributed by atoms with Gasteiger partial charge in [0.05, 0.1) is 11.5 Å². The van der Waals surface area contributed by atoms with Crippen LogP contribution in [0.5, 0.6) is 5.88 Å². The Morgan fingerprint density at radius 3 is 2.42 bits per heavy atom. The van der Waals surface area contributed by atoms with Crippen LogP contribution in [0.2, 0.25) is 10.0 Å². The fraction of sp³-hybridized carbons (Fsp3) is 0.294. The summed E-state index contributed by atoms with van der Waals surface area (Å²) in [4.78, 5) is 0. The van der Waals surface area contributed by atoms with E-state index in [-0.39, 0.29) is 16.9 Å². The second kappa shape index (κ2) is 5.73. The average Bonchev–Trinajstić information content (AvgIpc) is 2.90. The minimum atomic E-state index is -0.534. The molecule has 0 bridgehead atoms. The number of fused-ring (bicyclic) bond motifs is 1. The van der Waals surface area contributed by atoms with E-state index in [1.807, 2.05) is 20.8 Å². The van der Waals surface area contributed by atoms with Gasteiger partial charge in [-0.05, 0) is 12.1 Å². The average molecular weight is 363 g/mol. The van der Waals surface area contributed by atoms with Crippen LogP contribution in [-0.2, 0) is 5.41 Å². The van der Waals surface area contributed by atoms with E-state index in [4.69, 9.17) is 33.7 Å². The van der Waals surface area contributed by atoms with Crippen molar-refractivity contribution in [2.24, 2.45) is 5.73 Å². The molecule has 1 aromatic heterocycles. The van der Waals surface area contributed by atoms with Crippen LogP contribution in [0.25, 0.3) is 0 Å². The monoisotopic (exact) mass is 362 g/mol. The van der Waals surface area contributed by atoms with Gasteiger partial charge >= 0.3 is 0 Å². The Morgan fingerprint density at radius 2 is 1.88 bits per heavy atom. The van der Waals surface area contributed by atoms with Crippen LogP contribution in [0.1, 0.15) is 43.5 Å². The van der Waals surface area contributed by atoms with Crippen molar-refractivity contribution in [1.29, 1.82) is 5.26 Å². The number of ether oxygens (including phenoxy) is 1. The highest BCUT2D eigenvalue weighted by Crippen LogP contribution is 2.48. The normalized spacial score (nSPS) is 17.2. The highest BCUT2D eigenvalue weighted by Gasteiger charge is 2.39. The van der Waals surface area contributed by atoms with Gasteiger partial charge in [-0.1, -0.05) is 50.0 Å². The van der Waals surface area contributed by atoms with Crippen LogP contribution in [0, 0.1) is 11.3 Å². The molecule has 3 rings (SSSR count). The summed E-state index contributed by atoms with van der Waals surface area (Å²) in [5.41, 5.74) is 8.17. The number of hydrogen-bond acceptors (Lipinski definition) is 4. The molecule has 0 fully saturated rings. The SMILES string of the molecule is CC(C)(C)c1[nH]nc2c1C(c1c(Cl)cccc1Cl)C(C#N)=C(N)O2. The maximum Gasteiger partial charge on any atom is 0.244 e. The molecule has 0 aliphatic carbocycles.